The Morgan fingerprint density at radius 3 is 0.800 bits per heavy atom. The first-order chi connectivity index (χ1) is 41.0. The van der Waals surface area contributed by atoms with Crippen LogP contribution in [0.15, 0.2) is 0 Å². The molecule has 0 radical (unpaired) electrons. The van der Waals surface area contributed by atoms with E-state index in [0.29, 0.717) is 25.7 Å². The van der Waals surface area contributed by atoms with E-state index in [1.165, 1.54) is 148 Å². The standard InChI is InChI=1S/C66H128O17P2/c1-6-9-12-15-18-20-21-27-31-35-40-45-50-64(69)77-56-62(83-66(71)52-47-42-37-32-28-25-23-22-24-26-30-34-38-43-48-59(4)5)58-81-85(74,75)79-54-60(67)53-78-84(72,73)80-57-61(55-76-63(68)49-44-39-33-17-14-11-8-3)82-65(70)51-46-41-36-29-19-16-13-10-7-2/h59-62,67H,6-58H2,1-5H3,(H,72,73)(H,74,75)/t60-,61+,62+/m0/s1. The molecule has 5 atom stereocenters. The zero-order chi connectivity index (χ0) is 62.8. The Hall–Kier alpha value is -1.94. The molecule has 85 heavy (non-hydrogen) atoms. The molecule has 0 amide bonds. The quantitative estimate of drug-likeness (QED) is 0.0222. The topological polar surface area (TPSA) is 237 Å². The van der Waals surface area contributed by atoms with Gasteiger partial charge in [-0.25, -0.2) is 9.13 Å². The van der Waals surface area contributed by atoms with Gasteiger partial charge in [0.05, 0.1) is 26.4 Å². The van der Waals surface area contributed by atoms with E-state index in [1.54, 1.807) is 0 Å². The SMILES string of the molecule is CCCCCCCCCCCCCCC(=O)OC[C@H](COP(=O)(O)OC[C@@H](O)COP(=O)(O)OC[C@@H](COC(=O)CCCCCCCCC)OC(=O)CCCCCCCCCCC)OC(=O)CCCCCCCCCCCCCCCCC(C)C. The molecule has 0 bridgehead atoms. The number of hydrogen-bond donors (Lipinski definition) is 3. The fraction of sp³-hybridized carbons (Fsp3) is 0.939. The van der Waals surface area contributed by atoms with Crippen LogP contribution in [0.2, 0.25) is 0 Å². The Labute approximate surface area is 517 Å². The molecule has 0 aromatic carbocycles. The molecule has 2 unspecified atom stereocenters. The van der Waals surface area contributed by atoms with Crippen molar-refractivity contribution >= 4 is 39.5 Å². The van der Waals surface area contributed by atoms with Crippen molar-refractivity contribution in [1.29, 1.82) is 0 Å². The van der Waals surface area contributed by atoms with Crippen LogP contribution in [0, 0.1) is 5.92 Å². The number of ether oxygens (including phenoxy) is 4. The number of phosphoric ester groups is 2. The Morgan fingerprint density at radius 1 is 0.318 bits per heavy atom. The summed E-state index contributed by atoms with van der Waals surface area (Å²) in [6, 6.07) is 0. The highest BCUT2D eigenvalue weighted by atomic mass is 31.2. The second-order valence-corrected chi connectivity index (χ2v) is 27.2. The van der Waals surface area contributed by atoms with Crippen molar-refractivity contribution in [2.45, 2.75) is 355 Å². The molecule has 0 aliphatic rings. The van der Waals surface area contributed by atoms with Crippen LogP contribution in [0.25, 0.3) is 0 Å². The molecule has 0 heterocycles. The van der Waals surface area contributed by atoms with Gasteiger partial charge >= 0.3 is 39.5 Å². The number of carbonyl (C=O) groups excluding carboxylic acids is 4. The average Bonchev–Trinajstić information content (AvgIpc) is 3.55. The lowest BCUT2D eigenvalue weighted by atomic mass is 10.0. The van der Waals surface area contributed by atoms with Crippen molar-refractivity contribution in [3.8, 4) is 0 Å². The molecule has 0 aromatic rings. The van der Waals surface area contributed by atoms with Crippen LogP contribution in [0.5, 0.6) is 0 Å². The van der Waals surface area contributed by atoms with E-state index in [1.807, 2.05) is 0 Å². The van der Waals surface area contributed by atoms with Gasteiger partial charge in [0.15, 0.2) is 12.2 Å². The third-order valence-electron chi connectivity index (χ3n) is 15.3. The van der Waals surface area contributed by atoms with Crippen LogP contribution in [-0.2, 0) is 65.4 Å². The molecule has 3 N–H and O–H groups in total. The molecular weight excluding hydrogens is 1130 g/mol. The van der Waals surface area contributed by atoms with Crippen molar-refractivity contribution in [1.82, 2.24) is 0 Å². The van der Waals surface area contributed by atoms with E-state index in [9.17, 15) is 43.2 Å². The molecule has 19 heteroatoms. The van der Waals surface area contributed by atoms with Crippen LogP contribution < -0.4 is 0 Å². The lowest BCUT2D eigenvalue weighted by molar-refractivity contribution is -0.161. The van der Waals surface area contributed by atoms with E-state index in [4.69, 9.17) is 37.0 Å². The largest absolute Gasteiger partial charge is 0.472 e. The summed E-state index contributed by atoms with van der Waals surface area (Å²) in [5.74, 6) is -1.34. The zero-order valence-electron chi connectivity index (χ0n) is 54.7. The summed E-state index contributed by atoms with van der Waals surface area (Å²) in [4.78, 5) is 72.1. The summed E-state index contributed by atoms with van der Waals surface area (Å²) < 4.78 is 68.0. The molecule has 504 valence electrons. The number of esters is 4. The van der Waals surface area contributed by atoms with Gasteiger partial charge < -0.3 is 33.8 Å². The van der Waals surface area contributed by atoms with Gasteiger partial charge in [-0.3, -0.25) is 37.3 Å². The molecule has 0 fully saturated rings. The molecular formula is C66H128O17P2. The molecule has 0 spiro atoms. The smallest absolute Gasteiger partial charge is 0.462 e. The van der Waals surface area contributed by atoms with Crippen LogP contribution in [0.4, 0.5) is 0 Å². The van der Waals surface area contributed by atoms with E-state index >= 15 is 0 Å². The molecule has 17 nitrogen and oxygen atoms in total. The van der Waals surface area contributed by atoms with Gasteiger partial charge in [-0.1, -0.05) is 285 Å². The monoisotopic (exact) mass is 1250 g/mol. The van der Waals surface area contributed by atoms with Gasteiger partial charge in [-0.05, 0) is 31.6 Å². The van der Waals surface area contributed by atoms with Gasteiger partial charge in [0.2, 0.25) is 0 Å². The summed E-state index contributed by atoms with van der Waals surface area (Å²) in [5, 5.41) is 10.5. The molecule has 0 saturated carbocycles. The minimum absolute atomic E-state index is 0.106. The number of unbranched alkanes of at least 4 members (excludes halogenated alkanes) is 38. The van der Waals surface area contributed by atoms with Crippen molar-refractivity contribution in [2.24, 2.45) is 5.92 Å². The first-order valence-corrected chi connectivity index (χ1v) is 37.6. The van der Waals surface area contributed by atoms with Crippen LogP contribution in [0.1, 0.15) is 336 Å². The predicted octanol–water partition coefficient (Wildman–Crippen LogP) is 18.6. The summed E-state index contributed by atoms with van der Waals surface area (Å²) in [5.41, 5.74) is 0. The summed E-state index contributed by atoms with van der Waals surface area (Å²) in [6.45, 7) is 7.18. The molecule has 0 saturated heterocycles. The maximum atomic E-state index is 13.0. The first kappa shape index (κ1) is 83.1. The fourth-order valence-electron chi connectivity index (χ4n) is 9.94. The minimum atomic E-state index is -4.95. The maximum absolute atomic E-state index is 13.0. The first-order valence-electron chi connectivity index (χ1n) is 34.6. The second kappa shape index (κ2) is 59.7. The predicted molar refractivity (Wildman–Crippen MR) is 340 cm³/mol. The lowest BCUT2D eigenvalue weighted by Crippen LogP contribution is -2.30. The number of hydrogen-bond acceptors (Lipinski definition) is 15. The number of rotatable bonds is 66. The van der Waals surface area contributed by atoms with E-state index in [2.05, 4.69) is 34.6 Å². The molecule has 0 aromatic heterocycles. The summed E-state index contributed by atoms with van der Waals surface area (Å²) in [6.07, 6.45) is 44.5. The van der Waals surface area contributed by atoms with Crippen LogP contribution >= 0.6 is 15.6 Å². The summed E-state index contributed by atoms with van der Waals surface area (Å²) in [7, 11) is -9.88. The highest BCUT2D eigenvalue weighted by Crippen LogP contribution is 2.45. The number of phosphoric acid groups is 2. The zero-order valence-corrected chi connectivity index (χ0v) is 56.5. The lowest BCUT2D eigenvalue weighted by Gasteiger charge is -2.21. The van der Waals surface area contributed by atoms with E-state index in [-0.39, 0.29) is 25.7 Å². The maximum Gasteiger partial charge on any atom is 0.472 e. The van der Waals surface area contributed by atoms with E-state index in [0.717, 1.165) is 109 Å². The Kier molecular flexibility index (Phi) is 58.3. The molecule has 0 aliphatic heterocycles. The second-order valence-electron chi connectivity index (χ2n) is 24.3. The Bertz CT molecular complexity index is 1650. The number of carbonyl (C=O) groups is 4. The molecule has 0 aliphatic carbocycles. The van der Waals surface area contributed by atoms with Gasteiger partial charge in [0.25, 0.3) is 0 Å². The third-order valence-corrected chi connectivity index (χ3v) is 17.2. The molecule has 0 rings (SSSR count). The average molecular weight is 1260 g/mol. The Balaban J connectivity index is 5.18. The van der Waals surface area contributed by atoms with Gasteiger partial charge in [0.1, 0.15) is 19.3 Å². The van der Waals surface area contributed by atoms with E-state index < -0.39 is 97.5 Å². The highest BCUT2D eigenvalue weighted by molar-refractivity contribution is 7.47. The van der Waals surface area contributed by atoms with Crippen molar-refractivity contribution in [3.63, 3.8) is 0 Å². The fourth-order valence-corrected chi connectivity index (χ4v) is 11.5. The minimum Gasteiger partial charge on any atom is -0.462 e. The third kappa shape index (κ3) is 60.7. The van der Waals surface area contributed by atoms with Crippen LogP contribution in [0.3, 0.4) is 0 Å². The van der Waals surface area contributed by atoms with Gasteiger partial charge in [-0.2, -0.15) is 0 Å². The van der Waals surface area contributed by atoms with Crippen molar-refractivity contribution < 1.29 is 80.2 Å². The normalized spacial score (nSPS) is 14.2. The van der Waals surface area contributed by atoms with Crippen LogP contribution in [-0.4, -0.2) is 96.7 Å². The Morgan fingerprint density at radius 2 is 0.541 bits per heavy atom. The number of aliphatic hydroxyl groups is 1. The van der Waals surface area contributed by atoms with Crippen molar-refractivity contribution in [3.05, 3.63) is 0 Å². The van der Waals surface area contributed by atoms with Gasteiger partial charge in [-0.15, -0.1) is 0 Å². The summed E-state index contributed by atoms with van der Waals surface area (Å²) >= 11 is 0. The van der Waals surface area contributed by atoms with Gasteiger partial charge in [0, 0.05) is 25.7 Å². The highest BCUT2D eigenvalue weighted by Gasteiger charge is 2.30. The van der Waals surface area contributed by atoms with Crippen molar-refractivity contribution in [2.75, 3.05) is 39.6 Å². The number of aliphatic hydroxyl groups excluding tert-OH is 1.